The Hall–Kier alpha value is -1.30. The van der Waals surface area contributed by atoms with E-state index in [9.17, 15) is 0 Å². The van der Waals surface area contributed by atoms with Gasteiger partial charge in [-0.15, -0.1) is 11.3 Å². The van der Waals surface area contributed by atoms with Crippen LogP contribution in [0.15, 0.2) is 29.8 Å². The van der Waals surface area contributed by atoms with Crippen LogP contribution in [0.4, 0.5) is 10.8 Å². The summed E-state index contributed by atoms with van der Waals surface area (Å²) in [5.74, 6) is 0. The number of hydrogen-bond donors (Lipinski definition) is 1. The van der Waals surface area contributed by atoms with E-state index in [2.05, 4.69) is 26.2 Å². The van der Waals surface area contributed by atoms with E-state index in [1.165, 1.54) is 11.3 Å². The molecule has 1 aromatic heterocycles. The number of anilines is 2. The summed E-state index contributed by atoms with van der Waals surface area (Å²) in [5, 5.41) is 7.20. The van der Waals surface area contributed by atoms with E-state index in [1.54, 1.807) is 11.3 Å². The number of halogens is 1. The molecular weight excluding hydrogens is 304 g/mol. The third-order valence-electron chi connectivity index (χ3n) is 3.76. The Morgan fingerprint density at radius 3 is 2.67 bits per heavy atom. The third-order valence-corrected chi connectivity index (χ3v) is 4.94. The number of nitrogens with one attached hydrogen (secondary N) is 1. The molecule has 1 aliphatic rings. The average molecular weight is 323 g/mol. The van der Waals surface area contributed by atoms with Crippen molar-refractivity contribution < 1.29 is 0 Å². The van der Waals surface area contributed by atoms with E-state index in [-0.39, 0.29) is 0 Å². The van der Waals surface area contributed by atoms with Crippen molar-refractivity contribution >= 4 is 33.8 Å². The summed E-state index contributed by atoms with van der Waals surface area (Å²) in [7, 11) is 1.95. The van der Waals surface area contributed by atoms with Crippen molar-refractivity contribution in [3.05, 3.63) is 40.4 Å². The lowest BCUT2D eigenvalue weighted by atomic mass is 10.1. The lowest BCUT2D eigenvalue weighted by molar-refractivity contribution is 0.648. The normalized spacial score (nSPS) is 15.5. The van der Waals surface area contributed by atoms with Crippen LogP contribution in [0.25, 0.3) is 0 Å². The molecule has 1 N–H and O–H groups in total. The maximum absolute atomic E-state index is 6.35. The fraction of sp³-hybridized carbons (Fsp3) is 0.400. The van der Waals surface area contributed by atoms with Crippen LogP contribution < -0.4 is 15.1 Å². The first-order valence-corrected chi connectivity index (χ1v) is 8.36. The maximum atomic E-state index is 6.35. The van der Waals surface area contributed by atoms with Crippen LogP contribution in [-0.4, -0.2) is 38.2 Å². The Labute approximate surface area is 134 Å². The summed E-state index contributed by atoms with van der Waals surface area (Å²) in [6.07, 6.45) is 1.87. The van der Waals surface area contributed by atoms with Gasteiger partial charge in [-0.25, -0.2) is 4.98 Å². The van der Waals surface area contributed by atoms with Gasteiger partial charge in [-0.3, -0.25) is 0 Å². The number of aromatic nitrogens is 1. The SMILES string of the molecule is CNCc1c(Cl)cccc1N1CCN(c2nccs2)CC1. The van der Waals surface area contributed by atoms with E-state index in [1.807, 2.05) is 30.8 Å². The molecule has 6 heteroatoms. The van der Waals surface area contributed by atoms with E-state index in [4.69, 9.17) is 11.6 Å². The highest BCUT2D eigenvalue weighted by molar-refractivity contribution is 7.13. The van der Waals surface area contributed by atoms with Crippen LogP contribution >= 0.6 is 22.9 Å². The first kappa shape index (κ1) is 14.6. The minimum absolute atomic E-state index is 0.793. The van der Waals surface area contributed by atoms with Crippen molar-refractivity contribution in [2.45, 2.75) is 6.54 Å². The molecule has 0 unspecified atom stereocenters. The zero-order chi connectivity index (χ0) is 14.7. The number of rotatable bonds is 4. The van der Waals surface area contributed by atoms with Crippen LogP contribution in [0.2, 0.25) is 5.02 Å². The van der Waals surface area contributed by atoms with Gasteiger partial charge in [-0.2, -0.15) is 0 Å². The highest BCUT2D eigenvalue weighted by Gasteiger charge is 2.21. The summed E-state index contributed by atoms with van der Waals surface area (Å²) in [4.78, 5) is 9.16. The van der Waals surface area contributed by atoms with Crippen LogP contribution in [0.5, 0.6) is 0 Å². The summed E-state index contributed by atoms with van der Waals surface area (Å²) < 4.78 is 0. The van der Waals surface area contributed by atoms with Gasteiger partial charge >= 0.3 is 0 Å². The van der Waals surface area contributed by atoms with Gasteiger partial charge in [-0.1, -0.05) is 17.7 Å². The molecule has 0 radical (unpaired) electrons. The fourth-order valence-electron chi connectivity index (χ4n) is 2.71. The molecule has 4 nitrogen and oxygen atoms in total. The van der Waals surface area contributed by atoms with Gasteiger partial charge in [0.05, 0.1) is 0 Å². The number of thiazole rings is 1. The molecule has 0 bridgehead atoms. The molecule has 2 aromatic rings. The first-order valence-electron chi connectivity index (χ1n) is 7.11. The minimum Gasteiger partial charge on any atom is -0.368 e. The van der Waals surface area contributed by atoms with Gasteiger partial charge in [0.1, 0.15) is 0 Å². The third kappa shape index (κ3) is 3.15. The Kier molecular flexibility index (Phi) is 4.63. The Morgan fingerprint density at radius 1 is 1.24 bits per heavy atom. The van der Waals surface area contributed by atoms with Crippen molar-refractivity contribution in [3.8, 4) is 0 Å². The van der Waals surface area contributed by atoms with E-state index < -0.39 is 0 Å². The predicted octanol–water partition coefficient (Wildman–Crippen LogP) is 2.84. The smallest absolute Gasteiger partial charge is 0.185 e. The van der Waals surface area contributed by atoms with Gasteiger partial charge < -0.3 is 15.1 Å². The van der Waals surface area contributed by atoms with Gasteiger partial charge in [0, 0.05) is 60.6 Å². The average Bonchev–Trinajstić information content (AvgIpc) is 3.04. The highest BCUT2D eigenvalue weighted by Crippen LogP contribution is 2.29. The van der Waals surface area contributed by atoms with Crippen molar-refractivity contribution in [2.24, 2.45) is 0 Å². The maximum Gasteiger partial charge on any atom is 0.185 e. The molecular formula is C15H19ClN4S. The first-order chi connectivity index (χ1) is 10.3. The van der Waals surface area contributed by atoms with Gasteiger partial charge in [0.2, 0.25) is 0 Å². The molecule has 112 valence electrons. The standard InChI is InChI=1S/C15H19ClN4S/c1-17-11-12-13(16)3-2-4-14(12)19-6-8-20(9-7-19)15-18-5-10-21-15/h2-5,10,17H,6-9,11H2,1H3. The molecule has 0 aliphatic carbocycles. The van der Waals surface area contributed by atoms with Crippen molar-refractivity contribution in [3.63, 3.8) is 0 Å². The molecule has 1 aliphatic heterocycles. The molecule has 3 rings (SSSR count). The number of benzene rings is 1. The molecule has 0 atom stereocenters. The van der Waals surface area contributed by atoms with Crippen LogP contribution in [-0.2, 0) is 6.54 Å². The lowest BCUT2D eigenvalue weighted by Crippen LogP contribution is -2.46. The monoisotopic (exact) mass is 322 g/mol. The molecule has 0 amide bonds. The van der Waals surface area contributed by atoms with E-state index in [0.717, 1.165) is 42.9 Å². The van der Waals surface area contributed by atoms with Gasteiger partial charge in [0.15, 0.2) is 5.13 Å². The van der Waals surface area contributed by atoms with Crippen molar-refractivity contribution in [1.29, 1.82) is 0 Å². The van der Waals surface area contributed by atoms with Crippen LogP contribution in [0.3, 0.4) is 0 Å². The van der Waals surface area contributed by atoms with Crippen LogP contribution in [0.1, 0.15) is 5.56 Å². The topological polar surface area (TPSA) is 31.4 Å². The number of nitrogens with zero attached hydrogens (tertiary/aromatic N) is 3. The molecule has 1 fully saturated rings. The minimum atomic E-state index is 0.793. The summed E-state index contributed by atoms with van der Waals surface area (Å²) in [6, 6.07) is 6.16. The molecule has 21 heavy (non-hydrogen) atoms. The summed E-state index contributed by atoms with van der Waals surface area (Å²) >= 11 is 8.06. The second kappa shape index (κ2) is 6.64. The zero-order valence-corrected chi connectivity index (χ0v) is 13.6. The Morgan fingerprint density at radius 2 is 2.00 bits per heavy atom. The second-order valence-electron chi connectivity index (χ2n) is 5.06. The quantitative estimate of drug-likeness (QED) is 0.938. The van der Waals surface area contributed by atoms with Gasteiger partial charge in [0.25, 0.3) is 0 Å². The molecule has 0 saturated carbocycles. The largest absolute Gasteiger partial charge is 0.368 e. The van der Waals surface area contributed by atoms with Crippen molar-refractivity contribution in [1.82, 2.24) is 10.3 Å². The lowest BCUT2D eigenvalue weighted by Gasteiger charge is -2.37. The molecule has 2 heterocycles. The molecule has 0 spiro atoms. The number of hydrogen-bond acceptors (Lipinski definition) is 5. The summed E-state index contributed by atoms with van der Waals surface area (Å²) in [5.41, 5.74) is 2.43. The fourth-order valence-corrected chi connectivity index (χ4v) is 3.64. The molecule has 1 aromatic carbocycles. The molecule has 1 saturated heterocycles. The summed E-state index contributed by atoms with van der Waals surface area (Å²) in [6.45, 7) is 4.78. The zero-order valence-electron chi connectivity index (χ0n) is 12.1. The van der Waals surface area contributed by atoms with Crippen molar-refractivity contribution in [2.75, 3.05) is 43.0 Å². The van der Waals surface area contributed by atoms with Gasteiger partial charge in [-0.05, 0) is 19.2 Å². The number of piperazine rings is 1. The highest BCUT2D eigenvalue weighted by atomic mass is 35.5. The van der Waals surface area contributed by atoms with E-state index in [0.29, 0.717) is 0 Å². The van der Waals surface area contributed by atoms with Crippen LogP contribution in [0, 0.1) is 0 Å². The second-order valence-corrected chi connectivity index (χ2v) is 6.34. The van der Waals surface area contributed by atoms with E-state index >= 15 is 0 Å². The predicted molar refractivity (Wildman–Crippen MR) is 90.8 cm³/mol. The Bertz CT molecular complexity index is 579. The Balaban J connectivity index is 1.73.